The third-order valence-electron chi connectivity index (χ3n) is 4.21. The summed E-state index contributed by atoms with van der Waals surface area (Å²) in [7, 11) is 0. The van der Waals surface area contributed by atoms with Gasteiger partial charge in [-0.2, -0.15) is 18.4 Å². The van der Waals surface area contributed by atoms with Gasteiger partial charge >= 0.3 is 6.18 Å². The Balaban J connectivity index is 2.26. The second kappa shape index (κ2) is 6.38. The van der Waals surface area contributed by atoms with Gasteiger partial charge in [-0.05, 0) is 43.4 Å². The van der Waals surface area contributed by atoms with Gasteiger partial charge in [0.2, 0.25) is 0 Å². The summed E-state index contributed by atoms with van der Waals surface area (Å²) in [6.45, 7) is 3.77. The second-order valence-electron chi connectivity index (χ2n) is 5.53. The van der Waals surface area contributed by atoms with Crippen LogP contribution in [-0.4, -0.2) is 13.1 Å². The van der Waals surface area contributed by atoms with Gasteiger partial charge in [-0.15, -0.1) is 0 Å². The lowest BCUT2D eigenvalue weighted by molar-refractivity contribution is -0.137. The Labute approximate surface area is 123 Å². The van der Waals surface area contributed by atoms with Crippen LogP contribution in [0.4, 0.5) is 18.9 Å². The van der Waals surface area contributed by atoms with Crippen molar-refractivity contribution in [1.29, 1.82) is 5.26 Å². The molecule has 1 aliphatic heterocycles. The number of anilines is 1. The number of hydrogen-bond acceptors (Lipinski definition) is 2. The zero-order chi connectivity index (χ0) is 15.5. The van der Waals surface area contributed by atoms with E-state index < -0.39 is 11.7 Å². The first-order valence-electron chi connectivity index (χ1n) is 7.32. The predicted molar refractivity (Wildman–Crippen MR) is 76.0 cm³/mol. The van der Waals surface area contributed by atoms with Crippen LogP contribution in [0.2, 0.25) is 0 Å². The van der Waals surface area contributed by atoms with Crippen molar-refractivity contribution in [3.63, 3.8) is 0 Å². The van der Waals surface area contributed by atoms with E-state index in [4.69, 9.17) is 5.26 Å². The van der Waals surface area contributed by atoms with Crippen molar-refractivity contribution < 1.29 is 13.2 Å². The molecule has 5 heteroatoms. The molecule has 114 valence electrons. The molecule has 2 rings (SSSR count). The first-order chi connectivity index (χ1) is 9.95. The predicted octanol–water partition coefficient (Wildman–Crippen LogP) is 4.59. The molecule has 0 bridgehead atoms. The van der Waals surface area contributed by atoms with Crippen LogP contribution < -0.4 is 4.90 Å². The van der Waals surface area contributed by atoms with Crippen LogP contribution >= 0.6 is 0 Å². The summed E-state index contributed by atoms with van der Waals surface area (Å²) in [5.74, 6) is 0.676. The Morgan fingerprint density at radius 2 is 2.05 bits per heavy atom. The second-order valence-corrected chi connectivity index (χ2v) is 5.53. The number of nitrogens with zero attached hydrogens (tertiary/aromatic N) is 2. The van der Waals surface area contributed by atoms with Gasteiger partial charge in [-0.1, -0.05) is 13.3 Å². The standard InChI is InChI=1S/C16H19F3N2/c1-2-12-4-3-8-21(9-7-12)15-6-5-14(16(17,18)19)10-13(15)11-20/h5-6,10,12H,2-4,7-9H2,1H3. The fourth-order valence-electron chi connectivity index (χ4n) is 2.89. The van der Waals surface area contributed by atoms with Gasteiger partial charge < -0.3 is 4.90 Å². The van der Waals surface area contributed by atoms with E-state index in [0.717, 1.165) is 50.9 Å². The highest BCUT2D eigenvalue weighted by Gasteiger charge is 2.31. The fourth-order valence-corrected chi connectivity index (χ4v) is 2.89. The van der Waals surface area contributed by atoms with E-state index in [2.05, 4.69) is 6.92 Å². The molecule has 1 aromatic carbocycles. The molecule has 1 saturated heterocycles. The van der Waals surface area contributed by atoms with Gasteiger partial charge in [0.25, 0.3) is 0 Å². The van der Waals surface area contributed by atoms with Crippen molar-refractivity contribution in [3.8, 4) is 6.07 Å². The summed E-state index contributed by atoms with van der Waals surface area (Å²) in [6, 6.07) is 5.37. The van der Waals surface area contributed by atoms with Crippen molar-refractivity contribution in [2.75, 3.05) is 18.0 Å². The van der Waals surface area contributed by atoms with Crippen LogP contribution in [0.1, 0.15) is 43.7 Å². The molecule has 0 spiro atoms. The van der Waals surface area contributed by atoms with Crippen LogP contribution in [0.15, 0.2) is 18.2 Å². The minimum absolute atomic E-state index is 0.111. The normalized spacial score (nSPS) is 20.0. The average Bonchev–Trinajstić information content (AvgIpc) is 2.70. The molecule has 0 amide bonds. The summed E-state index contributed by atoms with van der Waals surface area (Å²) in [6.07, 6.45) is -0.0789. The topological polar surface area (TPSA) is 27.0 Å². The Morgan fingerprint density at radius 1 is 1.29 bits per heavy atom. The first kappa shape index (κ1) is 15.7. The van der Waals surface area contributed by atoms with E-state index in [0.29, 0.717) is 11.6 Å². The largest absolute Gasteiger partial charge is 0.416 e. The van der Waals surface area contributed by atoms with E-state index in [1.54, 1.807) is 0 Å². The van der Waals surface area contributed by atoms with Crippen LogP contribution in [-0.2, 0) is 6.18 Å². The van der Waals surface area contributed by atoms with Crippen molar-refractivity contribution in [1.82, 2.24) is 0 Å². The van der Waals surface area contributed by atoms with Gasteiger partial charge in [0.1, 0.15) is 6.07 Å². The lowest BCUT2D eigenvalue weighted by atomic mass is 9.98. The molecule has 0 aliphatic carbocycles. The molecule has 0 radical (unpaired) electrons. The quantitative estimate of drug-likeness (QED) is 0.798. The Morgan fingerprint density at radius 3 is 2.67 bits per heavy atom. The molecule has 1 fully saturated rings. The van der Waals surface area contributed by atoms with E-state index in [9.17, 15) is 13.2 Å². The van der Waals surface area contributed by atoms with Crippen LogP contribution in [0.25, 0.3) is 0 Å². The summed E-state index contributed by atoms with van der Waals surface area (Å²) in [5, 5.41) is 9.16. The van der Waals surface area contributed by atoms with E-state index in [1.807, 2.05) is 11.0 Å². The third kappa shape index (κ3) is 3.69. The first-order valence-corrected chi connectivity index (χ1v) is 7.32. The number of hydrogen-bond donors (Lipinski definition) is 0. The molecular formula is C16H19F3N2. The van der Waals surface area contributed by atoms with Gasteiger partial charge in [0.15, 0.2) is 0 Å². The number of rotatable bonds is 2. The van der Waals surface area contributed by atoms with Crippen molar-refractivity contribution in [3.05, 3.63) is 29.3 Å². The highest BCUT2D eigenvalue weighted by atomic mass is 19.4. The summed E-state index contributed by atoms with van der Waals surface area (Å²) < 4.78 is 38.2. The summed E-state index contributed by atoms with van der Waals surface area (Å²) in [4.78, 5) is 2.05. The maximum Gasteiger partial charge on any atom is 0.416 e. The number of alkyl halides is 3. The summed E-state index contributed by atoms with van der Waals surface area (Å²) >= 11 is 0. The molecular weight excluding hydrogens is 277 g/mol. The molecule has 21 heavy (non-hydrogen) atoms. The van der Waals surface area contributed by atoms with Crippen molar-refractivity contribution in [2.24, 2.45) is 5.92 Å². The molecule has 2 nitrogen and oxygen atoms in total. The minimum atomic E-state index is -4.41. The van der Waals surface area contributed by atoms with Crippen LogP contribution in [0.5, 0.6) is 0 Å². The number of benzene rings is 1. The SMILES string of the molecule is CCC1CCCN(c2ccc(C(F)(F)F)cc2C#N)CC1. The zero-order valence-electron chi connectivity index (χ0n) is 12.1. The monoisotopic (exact) mass is 296 g/mol. The molecule has 0 saturated carbocycles. The lowest BCUT2D eigenvalue weighted by Crippen LogP contribution is -2.25. The lowest BCUT2D eigenvalue weighted by Gasteiger charge is -2.24. The number of halogens is 3. The zero-order valence-corrected chi connectivity index (χ0v) is 12.1. The molecule has 1 unspecified atom stereocenters. The van der Waals surface area contributed by atoms with Gasteiger partial charge in [-0.3, -0.25) is 0 Å². The summed E-state index contributed by atoms with van der Waals surface area (Å²) in [5.41, 5.74) is -0.0221. The molecule has 0 N–H and O–H groups in total. The maximum atomic E-state index is 12.7. The smallest absolute Gasteiger partial charge is 0.370 e. The number of nitriles is 1. The van der Waals surface area contributed by atoms with Crippen molar-refractivity contribution >= 4 is 5.69 Å². The van der Waals surface area contributed by atoms with E-state index >= 15 is 0 Å². The molecule has 1 atom stereocenters. The van der Waals surface area contributed by atoms with E-state index in [1.165, 1.54) is 6.07 Å². The average molecular weight is 296 g/mol. The van der Waals surface area contributed by atoms with E-state index in [-0.39, 0.29) is 5.56 Å². The maximum absolute atomic E-state index is 12.7. The minimum Gasteiger partial charge on any atom is -0.370 e. The molecule has 1 aliphatic rings. The Bertz CT molecular complexity index is 531. The van der Waals surface area contributed by atoms with Crippen LogP contribution in [0, 0.1) is 17.2 Å². The highest BCUT2D eigenvalue weighted by Crippen LogP contribution is 2.33. The Hall–Kier alpha value is -1.70. The fraction of sp³-hybridized carbons (Fsp3) is 0.562. The highest BCUT2D eigenvalue weighted by molar-refractivity contribution is 5.60. The molecule has 0 aromatic heterocycles. The molecule has 1 aromatic rings. The third-order valence-corrected chi connectivity index (χ3v) is 4.21. The van der Waals surface area contributed by atoms with Gasteiger partial charge in [-0.25, -0.2) is 0 Å². The van der Waals surface area contributed by atoms with Crippen LogP contribution in [0.3, 0.4) is 0 Å². The van der Waals surface area contributed by atoms with Gasteiger partial charge in [0, 0.05) is 13.1 Å². The van der Waals surface area contributed by atoms with Gasteiger partial charge in [0.05, 0.1) is 16.8 Å². The Kier molecular flexibility index (Phi) is 4.76. The molecule has 1 heterocycles. The van der Waals surface area contributed by atoms with Crippen molar-refractivity contribution in [2.45, 2.75) is 38.8 Å².